The molecule has 2 aliphatic rings. The van der Waals surface area contributed by atoms with E-state index in [-0.39, 0.29) is 10.6 Å². The fourth-order valence-electron chi connectivity index (χ4n) is 2.66. The Balaban J connectivity index is 1.89. The zero-order valence-corrected chi connectivity index (χ0v) is 8.80. The standard InChI is InChI=1S/C11H13N3O2/c15-14(16)10-3-1-2-9(5-10)13-7-8-4-11(13)6-12-8/h1-3,5,8,11-12H,4,6-7H2/t8-,11-/m0/s1. The van der Waals surface area contributed by atoms with E-state index in [1.807, 2.05) is 6.07 Å². The van der Waals surface area contributed by atoms with E-state index >= 15 is 0 Å². The van der Waals surface area contributed by atoms with E-state index in [0.29, 0.717) is 12.1 Å². The molecular formula is C11H13N3O2. The van der Waals surface area contributed by atoms with Crippen LogP contribution in [0.5, 0.6) is 0 Å². The quantitative estimate of drug-likeness (QED) is 0.598. The highest BCUT2D eigenvalue weighted by atomic mass is 16.6. The van der Waals surface area contributed by atoms with Crippen LogP contribution in [0.3, 0.4) is 0 Å². The van der Waals surface area contributed by atoms with Crippen LogP contribution in [0.1, 0.15) is 6.42 Å². The molecule has 5 nitrogen and oxygen atoms in total. The van der Waals surface area contributed by atoms with Crippen molar-refractivity contribution >= 4 is 11.4 Å². The molecule has 16 heavy (non-hydrogen) atoms. The number of non-ortho nitro benzene ring substituents is 1. The molecule has 3 rings (SSSR count). The molecule has 1 aromatic rings. The first-order valence-electron chi connectivity index (χ1n) is 5.48. The number of nitro benzene ring substituents is 1. The van der Waals surface area contributed by atoms with E-state index in [2.05, 4.69) is 10.2 Å². The predicted octanol–water partition coefficient (Wildman–Crippen LogP) is 1.15. The highest BCUT2D eigenvalue weighted by molar-refractivity contribution is 5.55. The van der Waals surface area contributed by atoms with Crippen LogP contribution < -0.4 is 10.2 Å². The molecular weight excluding hydrogens is 206 g/mol. The number of benzene rings is 1. The Morgan fingerprint density at radius 1 is 1.50 bits per heavy atom. The Kier molecular flexibility index (Phi) is 2.07. The van der Waals surface area contributed by atoms with Gasteiger partial charge in [-0.2, -0.15) is 0 Å². The largest absolute Gasteiger partial charge is 0.365 e. The van der Waals surface area contributed by atoms with Crippen LogP contribution in [0.15, 0.2) is 24.3 Å². The molecule has 5 heteroatoms. The lowest BCUT2D eigenvalue weighted by Crippen LogP contribution is -2.43. The number of anilines is 1. The van der Waals surface area contributed by atoms with Crippen LogP contribution in [-0.4, -0.2) is 30.1 Å². The predicted molar refractivity (Wildman–Crippen MR) is 60.6 cm³/mol. The van der Waals surface area contributed by atoms with Gasteiger partial charge >= 0.3 is 0 Å². The summed E-state index contributed by atoms with van der Waals surface area (Å²) in [6.45, 7) is 1.96. The van der Waals surface area contributed by atoms with Crippen molar-refractivity contribution in [2.45, 2.75) is 18.5 Å². The number of hydrogen-bond acceptors (Lipinski definition) is 4. The number of fused-ring (bicyclic) bond motifs is 2. The number of nitrogens with zero attached hydrogens (tertiary/aromatic N) is 2. The van der Waals surface area contributed by atoms with Gasteiger partial charge in [-0.3, -0.25) is 10.1 Å². The fourth-order valence-corrected chi connectivity index (χ4v) is 2.66. The summed E-state index contributed by atoms with van der Waals surface area (Å²) in [6, 6.07) is 7.98. The first-order valence-corrected chi connectivity index (χ1v) is 5.48. The number of piperazine rings is 1. The molecule has 2 bridgehead atoms. The Morgan fingerprint density at radius 2 is 2.38 bits per heavy atom. The minimum Gasteiger partial charge on any atom is -0.365 e. The van der Waals surface area contributed by atoms with Crippen LogP contribution in [0.25, 0.3) is 0 Å². The van der Waals surface area contributed by atoms with Crippen molar-refractivity contribution in [1.82, 2.24) is 5.32 Å². The minimum atomic E-state index is -0.337. The second-order valence-electron chi connectivity index (χ2n) is 4.42. The van der Waals surface area contributed by atoms with Crippen molar-refractivity contribution in [3.8, 4) is 0 Å². The maximum absolute atomic E-state index is 10.7. The average Bonchev–Trinajstić information content (AvgIpc) is 2.91. The maximum atomic E-state index is 10.7. The van der Waals surface area contributed by atoms with Gasteiger partial charge in [-0.1, -0.05) is 6.07 Å². The third-order valence-electron chi connectivity index (χ3n) is 3.43. The lowest BCUT2D eigenvalue weighted by molar-refractivity contribution is -0.384. The smallest absolute Gasteiger partial charge is 0.271 e. The summed E-state index contributed by atoms with van der Waals surface area (Å²) in [5, 5.41) is 14.1. The maximum Gasteiger partial charge on any atom is 0.271 e. The summed E-state index contributed by atoms with van der Waals surface area (Å²) in [5.41, 5.74) is 1.15. The van der Waals surface area contributed by atoms with E-state index in [9.17, 15) is 10.1 Å². The SMILES string of the molecule is O=[N+]([O-])c1cccc(N2C[C@@H]3C[C@H]2CN3)c1. The van der Waals surface area contributed by atoms with E-state index in [1.165, 1.54) is 6.07 Å². The summed E-state index contributed by atoms with van der Waals surface area (Å²) in [5.74, 6) is 0. The minimum absolute atomic E-state index is 0.174. The van der Waals surface area contributed by atoms with Crippen LogP contribution in [0, 0.1) is 10.1 Å². The Bertz CT molecular complexity index is 435. The Labute approximate surface area is 93.2 Å². The zero-order valence-electron chi connectivity index (χ0n) is 8.80. The van der Waals surface area contributed by atoms with Crippen molar-refractivity contribution < 1.29 is 4.92 Å². The third kappa shape index (κ3) is 1.44. The fraction of sp³-hybridized carbons (Fsp3) is 0.455. The molecule has 2 aliphatic heterocycles. The number of nitrogens with one attached hydrogen (secondary N) is 1. The number of hydrogen-bond donors (Lipinski definition) is 1. The lowest BCUT2D eigenvalue weighted by Gasteiger charge is -2.29. The van der Waals surface area contributed by atoms with Gasteiger partial charge in [-0.15, -0.1) is 0 Å². The van der Waals surface area contributed by atoms with E-state index in [0.717, 1.165) is 25.2 Å². The van der Waals surface area contributed by atoms with Gasteiger partial charge in [0.05, 0.1) is 4.92 Å². The summed E-state index contributed by atoms with van der Waals surface area (Å²) in [6.07, 6.45) is 1.16. The first-order chi connectivity index (χ1) is 7.74. The summed E-state index contributed by atoms with van der Waals surface area (Å²) >= 11 is 0. The molecule has 2 heterocycles. The molecule has 0 saturated carbocycles. The molecule has 84 valence electrons. The van der Waals surface area contributed by atoms with Crippen molar-refractivity contribution in [2.24, 2.45) is 0 Å². The molecule has 1 aromatic carbocycles. The molecule has 0 unspecified atom stereocenters. The molecule has 0 aromatic heterocycles. The molecule has 2 atom stereocenters. The number of rotatable bonds is 2. The molecule has 2 saturated heterocycles. The second-order valence-corrected chi connectivity index (χ2v) is 4.42. The Morgan fingerprint density at radius 3 is 3.00 bits per heavy atom. The van der Waals surface area contributed by atoms with Gasteiger partial charge in [-0.25, -0.2) is 0 Å². The monoisotopic (exact) mass is 219 g/mol. The van der Waals surface area contributed by atoms with Crippen molar-refractivity contribution in [1.29, 1.82) is 0 Å². The topological polar surface area (TPSA) is 58.4 Å². The summed E-state index contributed by atoms with van der Waals surface area (Å²) < 4.78 is 0. The van der Waals surface area contributed by atoms with Gasteiger partial charge < -0.3 is 10.2 Å². The van der Waals surface area contributed by atoms with Gasteiger partial charge in [0, 0.05) is 43.0 Å². The highest BCUT2D eigenvalue weighted by Crippen LogP contribution is 2.31. The van der Waals surface area contributed by atoms with Crippen molar-refractivity contribution in [2.75, 3.05) is 18.0 Å². The van der Waals surface area contributed by atoms with Crippen molar-refractivity contribution in [3.63, 3.8) is 0 Å². The van der Waals surface area contributed by atoms with Gasteiger partial charge in [-0.05, 0) is 12.5 Å². The van der Waals surface area contributed by atoms with Gasteiger partial charge in [0.15, 0.2) is 0 Å². The lowest BCUT2D eigenvalue weighted by atomic mass is 10.2. The van der Waals surface area contributed by atoms with Gasteiger partial charge in [0.1, 0.15) is 0 Å². The molecule has 0 spiro atoms. The normalized spacial score (nSPS) is 27.4. The molecule has 1 N–H and O–H groups in total. The Hall–Kier alpha value is -1.62. The second kappa shape index (κ2) is 3.45. The number of nitro groups is 1. The van der Waals surface area contributed by atoms with Crippen LogP contribution in [0.2, 0.25) is 0 Å². The van der Waals surface area contributed by atoms with E-state index in [4.69, 9.17) is 0 Å². The molecule has 0 radical (unpaired) electrons. The summed E-state index contributed by atoms with van der Waals surface area (Å²) in [4.78, 5) is 12.6. The zero-order chi connectivity index (χ0) is 11.1. The van der Waals surface area contributed by atoms with Gasteiger partial charge in [0.25, 0.3) is 5.69 Å². The average molecular weight is 219 g/mol. The summed E-state index contributed by atoms with van der Waals surface area (Å²) in [7, 11) is 0. The third-order valence-corrected chi connectivity index (χ3v) is 3.43. The van der Waals surface area contributed by atoms with Crippen LogP contribution in [0.4, 0.5) is 11.4 Å². The molecule has 2 fully saturated rings. The van der Waals surface area contributed by atoms with Gasteiger partial charge in [0.2, 0.25) is 0 Å². The molecule has 0 amide bonds. The van der Waals surface area contributed by atoms with E-state index < -0.39 is 0 Å². The van der Waals surface area contributed by atoms with Crippen LogP contribution in [-0.2, 0) is 0 Å². The van der Waals surface area contributed by atoms with Crippen LogP contribution >= 0.6 is 0 Å². The van der Waals surface area contributed by atoms with Crippen molar-refractivity contribution in [3.05, 3.63) is 34.4 Å². The first kappa shape index (κ1) is 9.59. The highest BCUT2D eigenvalue weighted by Gasteiger charge is 2.37. The van der Waals surface area contributed by atoms with E-state index in [1.54, 1.807) is 12.1 Å². The molecule has 0 aliphatic carbocycles.